The molecule has 0 unspecified atom stereocenters. The second-order valence-electron chi connectivity index (χ2n) is 7.39. The lowest BCUT2D eigenvalue weighted by molar-refractivity contribution is -0.123. The van der Waals surface area contributed by atoms with E-state index in [0.717, 1.165) is 29.5 Å². The van der Waals surface area contributed by atoms with E-state index < -0.39 is 0 Å². The van der Waals surface area contributed by atoms with Gasteiger partial charge in [-0.15, -0.1) is 0 Å². The molecule has 0 saturated heterocycles. The molecule has 4 heteroatoms. The zero-order chi connectivity index (χ0) is 20.1. The largest absolute Gasteiger partial charge is 0.493 e. The van der Waals surface area contributed by atoms with Crippen molar-refractivity contribution in [1.82, 2.24) is 5.32 Å². The van der Waals surface area contributed by atoms with Crippen molar-refractivity contribution in [3.63, 3.8) is 0 Å². The van der Waals surface area contributed by atoms with Crippen molar-refractivity contribution in [3.8, 4) is 11.5 Å². The fraction of sp³-hybridized carbons (Fsp3) is 0.240. The van der Waals surface area contributed by atoms with E-state index in [-0.39, 0.29) is 11.3 Å². The lowest BCUT2D eigenvalue weighted by Crippen LogP contribution is -2.34. The van der Waals surface area contributed by atoms with Crippen LogP contribution in [0.25, 0.3) is 0 Å². The summed E-state index contributed by atoms with van der Waals surface area (Å²) in [5, 5.41) is 3.09. The molecule has 0 radical (unpaired) electrons. The normalized spacial score (nSPS) is 14.1. The first-order valence-electron chi connectivity index (χ1n) is 9.89. The zero-order valence-electron chi connectivity index (χ0n) is 16.6. The van der Waals surface area contributed by atoms with Crippen LogP contribution in [-0.2, 0) is 23.4 Å². The van der Waals surface area contributed by atoms with Gasteiger partial charge in [0.05, 0.1) is 12.5 Å². The summed E-state index contributed by atoms with van der Waals surface area (Å²) in [7, 11) is 1.63. The van der Waals surface area contributed by atoms with E-state index in [1.807, 2.05) is 78.9 Å². The van der Waals surface area contributed by atoms with E-state index in [2.05, 4.69) is 5.32 Å². The SMILES string of the molecule is COc1cc(CNC(=O)C2(c3ccccc3)CC2)ccc1OCc1ccccc1. The van der Waals surface area contributed by atoms with Crippen LogP contribution in [0.1, 0.15) is 29.5 Å². The number of hydrogen-bond donors (Lipinski definition) is 1. The van der Waals surface area contributed by atoms with Crippen LogP contribution in [0.5, 0.6) is 11.5 Å². The minimum absolute atomic E-state index is 0.0899. The summed E-state index contributed by atoms with van der Waals surface area (Å²) in [6.45, 7) is 0.940. The highest BCUT2D eigenvalue weighted by atomic mass is 16.5. The van der Waals surface area contributed by atoms with E-state index in [0.29, 0.717) is 24.7 Å². The van der Waals surface area contributed by atoms with E-state index in [1.165, 1.54) is 0 Å². The fourth-order valence-electron chi connectivity index (χ4n) is 3.56. The summed E-state index contributed by atoms with van der Waals surface area (Å²) in [4.78, 5) is 12.8. The molecule has 4 nitrogen and oxygen atoms in total. The number of benzene rings is 3. The Labute approximate surface area is 171 Å². The number of rotatable bonds is 8. The molecular formula is C25H25NO3. The van der Waals surface area contributed by atoms with Crippen molar-refractivity contribution in [1.29, 1.82) is 0 Å². The van der Waals surface area contributed by atoms with Crippen molar-refractivity contribution >= 4 is 5.91 Å². The minimum atomic E-state index is -0.357. The zero-order valence-corrected chi connectivity index (χ0v) is 16.6. The van der Waals surface area contributed by atoms with Crippen LogP contribution >= 0.6 is 0 Å². The predicted octanol–water partition coefficient (Wildman–Crippen LogP) is 4.62. The Bertz CT molecular complexity index is 966. The summed E-state index contributed by atoms with van der Waals surface area (Å²) in [5.41, 5.74) is 2.82. The van der Waals surface area contributed by atoms with Gasteiger partial charge in [0.2, 0.25) is 5.91 Å². The van der Waals surface area contributed by atoms with Crippen LogP contribution < -0.4 is 14.8 Å². The molecule has 3 aromatic carbocycles. The maximum atomic E-state index is 12.8. The molecule has 4 rings (SSSR count). The second kappa shape index (κ2) is 8.39. The number of carbonyl (C=O) groups is 1. The Hall–Kier alpha value is -3.27. The summed E-state index contributed by atoms with van der Waals surface area (Å²) < 4.78 is 11.4. The van der Waals surface area contributed by atoms with Crippen LogP contribution in [0.2, 0.25) is 0 Å². The molecule has 1 aliphatic rings. The topological polar surface area (TPSA) is 47.6 Å². The van der Waals surface area contributed by atoms with Gasteiger partial charge in [-0.1, -0.05) is 66.7 Å². The summed E-state index contributed by atoms with van der Waals surface area (Å²) in [5.74, 6) is 1.44. The quantitative estimate of drug-likeness (QED) is 0.613. The third kappa shape index (κ3) is 4.27. The molecule has 1 aliphatic carbocycles. The number of methoxy groups -OCH3 is 1. The van der Waals surface area contributed by atoms with E-state index in [1.54, 1.807) is 7.11 Å². The van der Waals surface area contributed by atoms with Crippen LogP contribution in [0, 0.1) is 0 Å². The van der Waals surface area contributed by atoms with Crippen molar-refractivity contribution in [2.75, 3.05) is 7.11 Å². The molecule has 29 heavy (non-hydrogen) atoms. The van der Waals surface area contributed by atoms with Crippen LogP contribution in [-0.4, -0.2) is 13.0 Å². The van der Waals surface area contributed by atoms with Crippen LogP contribution in [0.4, 0.5) is 0 Å². The summed E-state index contributed by atoms with van der Waals surface area (Å²) in [6.07, 6.45) is 1.80. The first-order chi connectivity index (χ1) is 14.2. The molecule has 1 amide bonds. The molecule has 1 N–H and O–H groups in total. The van der Waals surface area contributed by atoms with E-state index >= 15 is 0 Å². The van der Waals surface area contributed by atoms with Crippen LogP contribution in [0.3, 0.4) is 0 Å². The lowest BCUT2D eigenvalue weighted by atomic mass is 9.95. The third-order valence-electron chi connectivity index (χ3n) is 5.43. The monoisotopic (exact) mass is 387 g/mol. The molecular weight excluding hydrogens is 362 g/mol. The average molecular weight is 387 g/mol. The standard InChI is InChI=1S/C25H25NO3/c1-28-23-16-20(12-13-22(23)29-18-19-8-4-2-5-9-19)17-26-24(27)25(14-15-25)21-10-6-3-7-11-21/h2-13,16H,14-15,17-18H2,1H3,(H,26,27). The Balaban J connectivity index is 1.39. The van der Waals surface area contributed by atoms with Gasteiger partial charge in [0.15, 0.2) is 11.5 Å². The molecule has 3 aromatic rings. The van der Waals surface area contributed by atoms with Gasteiger partial charge < -0.3 is 14.8 Å². The third-order valence-corrected chi connectivity index (χ3v) is 5.43. The number of ether oxygens (including phenoxy) is 2. The number of amides is 1. The molecule has 1 fully saturated rings. The van der Waals surface area contributed by atoms with Gasteiger partial charge in [-0.2, -0.15) is 0 Å². The van der Waals surface area contributed by atoms with E-state index in [4.69, 9.17) is 9.47 Å². The van der Waals surface area contributed by atoms with Gasteiger partial charge in [0.25, 0.3) is 0 Å². The number of nitrogens with one attached hydrogen (secondary N) is 1. The predicted molar refractivity (Wildman–Crippen MR) is 113 cm³/mol. The summed E-state index contributed by atoms with van der Waals surface area (Å²) in [6, 6.07) is 25.8. The Morgan fingerprint density at radius 3 is 2.24 bits per heavy atom. The average Bonchev–Trinajstić information content (AvgIpc) is 3.60. The van der Waals surface area contributed by atoms with Gasteiger partial charge >= 0.3 is 0 Å². The van der Waals surface area contributed by atoms with Gasteiger partial charge in [-0.3, -0.25) is 4.79 Å². The molecule has 0 heterocycles. The second-order valence-corrected chi connectivity index (χ2v) is 7.39. The molecule has 0 spiro atoms. The number of carbonyl (C=O) groups excluding carboxylic acids is 1. The Kier molecular flexibility index (Phi) is 5.52. The molecule has 1 saturated carbocycles. The van der Waals surface area contributed by atoms with Gasteiger partial charge in [-0.25, -0.2) is 0 Å². The molecule has 0 atom stereocenters. The molecule has 0 aliphatic heterocycles. The smallest absolute Gasteiger partial charge is 0.230 e. The highest BCUT2D eigenvalue weighted by Gasteiger charge is 2.50. The molecule has 0 aromatic heterocycles. The molecule has 0 bridgehead atoms. The minimum Gasteiger partial charge on any atom is -0.493 e. The van der Waals surface area contributed by atoms with Crippen molar-refractivity contribution in [2.24, 2.45) is 0 Å². The van der Waals surface area contributed by atoms with Crippen molar-refractivity contribution < 1.29 is 14.3 Å². The lowest BCUT2D eigenvalue weighted by Gasteiger charge is -2.16. The summed E-state index contributed by atoms with van der Waals surface area (Å²) >= 11 is 0. The Morgan fingerprint density at radius 1 is 0.897 bits per heavy atom. The fourth-order valence-corrected chi connectivity index (χ4v) is 3.56. The first-order valence-corrected chi connectivity index (χ1v) is 9.89. The van der Waals surface area contributed by atoms with E-state index in [9.17, 15) is 4.79 Å². The maximum Gasteiger partial charge on any atom is 0.230 e. The number of hydrogen-bond acceptors (Lipinski definition) is 3. The van der Waals surface area contributed by atoms with Crippen LogP contribution in [0.15, 0.2) is 78.9 Å². The first kappa shape index (κ1) is 19.1. The highest BCUT2D eigenvalue weighted by molar-refractivity contribution is 5.91. The van der Waals surface area contributed by atoms with Gasteiger partial charge in [-0.05, 0) is 41.7 Å². The van der Waals surface area contributed by atoms with Gasteiger partial charge in [0, 0.05) is 6.54 Å². The highest BCUT2D eigenvalue weighted by Crippen LogP contribution is 2.48. The Morgan fingerprint density at radius 2 is 1.59 bits per heavy atom. The van der Waals surface area contributed by atoms with Crippen molar-refractivity contribution in [2.45, 2.75) is 31.4 Å². The maximum absolute atomic E-state index is 12.8. The molecule has 148 valence electrons. The van der Waals surface area contributed by atoms with Crippen molar-refractivity contribution in [3.05, 3.63) is 95.6 Å². The van der Waals surface area contributed by atoms with Gasteiger partial charge in [0.1, 0.15) is 6.61 Å².